The molecule has 2 radical (unpaired) electrons. The Morgan fingerprint density at radius 1 is 1.33 bits per heavy atom. The van der Waals surface area contributed by atoms with E-state index in [2.05, 4.69) is 6.61 Å². The summed E-state index contributed by atoms with van der Waals surface area (Å²) in [6.45, 7) is 5.22. The van der Waals surface area contributed by atoms with Crippen molar-refractivity contribution in [3.05, 3.63) is 54.7 Å². The molecule has 0 N–H and O–H groups in total. The summed E-state index contributed by atoms with van der Waals surface area (Å²) in [7, 11) is 0. The zero-order valence-corrected chi connectivity index (χ0v) is 7.16. The van der Waals surface area contributed by atoms with Gasteiger partial charge in [0.2, 0.25) is 0 Å². The Morgan fingerprint density at radius 3 is 2.75 bits per heavy atom. The normalized spacial score (nSPS) is 10.8. The lowest BCUT2D eigenvalue weighted by molar-refractivity contribution is 0.202. The van der Waals surface area contributed by atoms with Crippen LogP contribution in [0.5, 0.6) is 0 Å². The van der Waals surface area contributed by atoms with Crippen LogP contribution >= 0.6 is 0 Å². The maximum atomic E-state index is 5.12. The summed E-state index contributed by atoms with van der Waals surface area (Å²) >= 11 is 0. The predicted molar refractivity (Wildman–Crippen MR) is 49.3 cm³/mol. The Balaban J connectivity index is 2.24. The van der Waals surface area contributed by atoms with E-state index in [1.54, 1.807) is 6.08 Å². The van der Waals surface area contributed by atoms with Crippen LogP contribution in [0.1, 0.15) is 12.5 Å². The van der Waals surface area contributed by atoms with Crippen LogP contribution in [-0.4, -0.2) is 0 Å². The van der Waals surface area contributed by atoms with Gasteiger partial charge < -0.3 is 4.74 Å². The van der Waals surface area contributed by atoms with E-state index in [9.17, 15) is 0 Å². The molecule has 0 saturated carbocycles. The van der Waals surface area contributed by atoms with Gasteiger partial charge in [0.05, 0.1) is 6.61 Å². The fourth-order valence-electron chi connectivity index (χ4n) is 0.815. The van der Waals surface area contributed by atoms with Gasteiger partial charge in [0.25, 0.3) is 0 Å². The molecule has 0 aliphatic rings. The van der Waals surface area contributed by atoms with E-state index >= 15 is 0 Å². The number of allylic oxidation sites excluding steroid dienone is 1. The summed E-state index contributed by atoms with van der Waals surface area (Å²) in [6, 6.07) is 10.0. The third-order valence-electron chi connectivity index (χ3n) is 1.40. The van der Waals surface area contributed by atoms with Crippen LogP contribution < -0.4 is 0 Å². The SMILES string of the molecule is C/C=C/[C]OCc1ccccc1. The molecule has 0 bridgehead atoms. The molecule has 1 aromatic rings. The van der Waals surface area contributed by atoms with Crippen molar-refractivity contribution < 1.29 is 4.74 Å². The van der Waals surface area contributed by atoms with Gasteiger partial charge in [-0.2, -0.15) is 0 Å². The van der Waals surface area contributed by atoms with Crippen LogP contribution in [0.2, 0.25) is 0 Å². The van der Waals surface area contributed by atoms with Gasteiger partial charge in [-0.15, -0.1) is 0 Å². The first-order valence-electron chi connectivity index (χ1n) is 3.96. The van der Waals surface area contributed by atoms with Gasteiger partial charge in [-0.3, -0.25) is 0 Å². The molecule has 0 saturated heterocycles. The number of ether oxygens (including phenoxy) is 1. The first kappa shape index (κ1) is 9.01. The van der Waals surface area contributed by atoms with Crippen molar-refractivity contribution in [3.63, 3.8) is 0 Å². The Labute approximate surface area is 73.7 Å². The van der Waals surface area contributed by atoms with Crippen molar-refractivity contribution in [1.29, 1.82) is 0 Å². The number of rotatable bonds is 4. The molecule has 1 rings (SSSR count). The highest BCUT2D eigenvalue weighted by atomic mass is 16.5. The van der Waals surface area contributed by atoms with Crippen molar-refractivity contribution in [2.75, 3.05) is 0 Å². The van der Waals surface area contributed by atoms with E-state index in [4.69, 9.17) is 4.74 Å². The van der Waals surface area contributed by atoms with E-state index in [0.29, 0.717) is 6.61 Å². The van der Waals surface area contributed by atoms with Gasteiger partial charge in [-0.05, 0) is 12.5 Å². The van der Waals surface area contributed by atoms with E-state index in [1.165, 1.54) is 0 Å². The predicted octanol–water partition coefficient (Wildman–Crippen LogP) is 2.82. The fraction of sp³-hybridized carbons (Fsp3) is 0.182. The van der Waals surface area contributed by atoms with Gasteiger partial charge in [0.15, 0.2) is 6.61 Å². The van der Waals surface area contributed by atoms with Crippen LogP contribution in [0.3, 0.4) is 0 Å². The number of hydrogen-bond acceptors (Lipinski definition) is 1. The molecule has 0 aliphatic heterocycles. The summed E-state index contributed by atoms with van der Waals surface area (Å²) in [6.07, 6.45) is 3.63. The molecule has 1 nitrogen and oxygen atoms in total. The standard InChI is InChI=1S/C11H12O/c1-2-3-9-12-10-11-7-5-4-6-8-11/h2-8H,10H2,1H3/b3-2+. The topological polar surface area (TPSA) is 9.23 Å². The van der Waals surface area contributed by atoms with Crippen LogP contribution in [0.4, 0.5) is 0 Å². The second-order valence-corrected chi connectivity index (χ2v) is 2.39. The maximum Gasteiger partial charge on any atom is 0.158 e. The molecule has 1 heteroatoms. The summed E-state index contributed by atoms with van der Waals surface area (Å²) in [5, 5.41) is 0. The maximum absolute atomic E-state index is 5.12. The second kappa shape index (κ2) is 5.56. The average molecular weight is 160 g/mol. The highest BCUT2D eigenvalue weighted by Gasteiger charge is 1.89. The zero-order chi connectivity index (χ0) is 8.65. The van der Waals surface area contributed by atoms with Crippen LogP contribution in [0, 0.1) is 6.61 Å². The zero-order valence-electron chi connectivity index (χ0n) is 7.16. The van der Waals surface area contributed by atoms with Gasteiger partial charge in [-0.1, -0.05) is 42.5 Å². The Kier molecular flexibility index (Phi) is 4.17. The minimum absolute atomic E-state index is 0.588. The van der Waals surface area contributed by atoms with Crippen molar-refractivity contribution >= 4 is 0 Å². The summed E-state index contributed by atoms with van der Waals surface area (Å²) in [4.78, 5) is 0. The molecule has 12 heavy (non-hydrogen) atoms. The minimum Gasteiger partial charge on any atom is -0.359 e. The van der Waals surface area contributed by atoms with Crippen molar-refractivity contribution in [2.45, 2.75) is 13.5 Å². The molecular formula is C11H12O. The second-order valence-electron chi connectivity index (χ2n) is 2.39. The summed E-state index contributed by atoms with van der Waals surface area (Å²) < 4.78 is 5.12. The lowest BCUT2D eigenvalue weighted by Crippen LogP contribution is -1.87. The van der Waals surface area contributed by atoms with E-state index in [1.807, 2.05) is 43.3 Å². The molecule has 0 aliphatic carbocycles. The molecular weight excluding hydrogens is 148 g/mol. The van der Waals surface area contributed by atoms with E-state index in [0.717, 1.165) is 5.56 Å². The molecule has 0 aromatic heterocycles. The van der Waals surface area contributed by atoms with Crippen molar-refractivity contribution in [1.82, 2.24) is 0 Å². The first-order chi connectivity index (χ1) is 5.93. The largest absolute Gasteiger partial charge is 0.359 e. The first-order valence-corrected chi connectivity index (χ1v) is 3.96. The lowest BCUT2D eigenvalue weighted by atomic mass is 10.2. The fourth-order valence-corrected chi connectivity index (χ4v) is 0.815. The molecule has 0 atom stereocenters. The van der Waals surface area contributed by atoms with Crippen LogP contribution in [0.25, 0.3) is 0 Å². The van der Waals surface area contributed by atoms with Crippen LogP contribution in [-0.2, 0) is 11.3 Å². The quantitative estimate of drug-likeness (QED) is 0.615. The highest BCUT2D eigenvalue weighted by molar-refractivity contribution is 5.13. The van der Waals surface area contributed by atoms with Gasteiger partial charge in [-0.25, -0.2) is 0 Å². The molecule has 62 valence electrons. The highest BCUT2D eigenvalue weighted by Crippen LogP contribution is 2.01. The van der Waals surface area contributed by atoms with Gasteiger partial charge >= 0.3 is 0 Å². The molecule has 0 unspecified atom stereocenters. The van der Waals surface area contributed by atoms with Crippen molar-refractivity contribution in [2.24, 2.45) is 0 Å². The molecule has 0 fully saturated rings. The smallest absolute Gasteiger partial charge is 0.158 e. The van der Waals surface area contributed by atoms with E-state index in [-0.39, 0.29) is 0 Å². The van der Waals surface area contributed by atoms with Gasteiger partial charge in [0.1, 0.15) is 0 Å². The number of hydrogen-bond donors (Lipinski definition) is 0. The Hall–Kier alpha value is -1.08. The average Bonchev–Trinajstić information content (AvgIpc) is 2.14. The summed E-state index contributed by atoms with van der Waals surface area (Å²) in [5.41, 5.74) is 1.16. The Morgan fingerprint density at radius 2 is 2.08 bits per heavy atom. The third-order valence-corrected chi connectivity index (χ3v) is 1.40. The summed E-state index contributed by atoms with van der Waals surface area (Å²) in [5.74, 6) is 0. The Bertz CT molecular complexity index is 226. The van der Waals surface area contributed by atoms with Crippen LogP contribution in [0.15, 0.2) is 42.5 Å². The van der Waals surface area contributed by atoms with Crippen molar-refractivity contribution in [3.8, 4) is 0 Å². The van der Waals surface area contributed by atoms with E-state index < -0.39 is 0 Å². The molecule has 0 amide bonds. The third kappa shape index (κ3) is 3.35. The monoisotopic (exact) mass is 160 g/mol. The molecule has 0 heterocycles. The minimum atomic E-state index is 0.588. The lowest BCUT2D eigenvalue weighted by Gasteiger charge is -1.98. The molecule has 1 aromatic carbocycles. The number of benzene rings is 1. The molecule has 0 spiro atoms. The van der Waals surface area contributed by atoms with Gasteiger partial charge in [0, 0.05) is 0 Å².